The van der Waals surface area contributed by atoms with E-state index in [9.17, 15) is 4.79 Å². The zero-order valence-corrected chi connectivity index (χ0v) is 8.71. The molecule has 0 aliphatic heterocycles. The predicted molar refractivity (Wildman–Crippen MR) is 56.5 cm³/mol. The fourth-order valence-electron chi connectivity index (χ4n) is 1.88. The van der Waals surface area contributed by atoms with E-state index in [-0.39, 0.29) is 11.9 Å². The van der Waals surface area contributed by atoms with E-state index >= 15 is 0 Å². The standard InChI is InChI=1S/C10H14N4O/c1-2-12-9(15)8-6-4-3-5-7(6)13-10(11)14-8/h2-5H2,1H3,(H,12,15)(H2,11,13,14). The van der Waals surface area contributed by atoms with Gasteiger partial charge in [0.05, 0.1) is 0 Å². The van der Waals surface area contributed by atoms with E-state index in [2.05, 4.69) is 15.3 Å². The van der Waals surface area contributed by atoms with Gasteiger partial charge in [0.2, 0.25) is 5.95 Å². The number of carbonyl (C=O) groups is 1. The van der Waals surface area contributed by atoms with Crippen LogP contribution in [0.15, 0.2) is 0 Å². The Morgan fingerprint density at radius 3 is 3.00 bits per heavy atom. The molecule has 0 saturated heterocycles. The third-order valence-electron chi connectivity index (χ3n) is 2.50. The number of nitrogens with zero attached hydrogens (tertiary/aromatic N) is 2. The summed E-state index contributed by atoms with van der Waals surface area (Å²) >= 11 is 0. The number of amides is 1. The molecule has 1 heterocycles. The molecule has 1 aliphatic carbocycles. The monoisotopic (exact) mass is 206 g/mol. The molecule has 2 rings (SSSR count). The van der Waals surface area contributed by atoms with E-state index in [1.165, 1.54) is 0 Å². The summed E-state index contributed by atoms with van der Waals surface area (Å²) in [5, 5.41) is 2.73. The molecule has 0 bridgehead atoms. The summed E-state index contributed by atoms with van der Waals surface area (Å²) in [6.45, 7) is 2.47. The third-order valence-corrected chi connectivity index (χ3v) is 2.50. The Bertz CT molecular complexity index is 403. The van der Waals surface area contributed by atoms with Gasteiger partial charge in [0.1, 0.15) is 5.69 Å². The number of nitrogens with one attached hydrogen (secondary N) is 1. The lowest BCUT2D eigenvalue weighted by molar-refractivity contribution is 0.0950. The number of hydrogen-bond acceptors (Lipinski definition) is 4. The van der Waals surface area contributed by atoms with Gasteiger partial charge in [-0.25, -0.2) is 9.97 Å². The lowest BCUT2D eigenvalue weighted by Crippen LogP contribution is -2.26. The Morgan fingerprint density at radius 1 is 1.47 bits per heavy atom. The molecular weight excluding hydrogens is 192 g/mol. The zero-order valence-electron chi connectivity index (χ0n) is 8.71. The van der Waals surface area contributed by atoms with Crippen molar-refractivity contribution in [3.8, 4) is 0 Å². The molecule has 5 heteroatoms. The number of aryl methyl sites for hydroxylation is 1. The summed E-state index contributed by atoms with van der Waals surface area (Å²) in [6.07, 6.45) is 2.80. The van der Waals surface area contributed by atoms with Gasteiger partial charge in [-0.1, -0.05) is 0 Å². The maximum atomic E-state index is 11.7. The van der Waals surface area contributed by atoms with Crippen LogP contribution in [0, 0.1) is 0 Å². The number of hydrogen-bond donors (Lipinski definition) is 2. The Morgan fingerprint density at radius 2 is 2.27 bits per heavy atom. The third kappa shape index (κ3) is 1.77. The van der Waals surface area contributed by atoms with Crippen molar-refractivity contribution in [3.63, 3.8) is 0 Å². The van der Waals surface area contributed by atoms with Crippen LogP contribution in [0.2, 0.25) is 0 Å². The first kappa shape index (κ1) is 9.89. The van der Waals surface area contributed by atoms with E-state index in [0.717, 1.165) is 30.5 Å². The second kappa shape index (κ2) is 3.84. The molecule has 1 aliphatic rings. The maximum absolute atomic E-state index is 11.7. The zero-order chi connectivity index (χ0) is 10.8. The molecule has 0 fully saturated rings. The number of rotatable bonds is 2. The molecule has 0 atom stereocenters. The minimum absolute atomic E-state index is 0.148. The van der Waals surface area contributed by atoms with E-state index in [0.29, 0.717) is 12.2 Å². The minimum atomic E-state index is -0.148. The van der Waals surface area contributed by atoms with Crippen LogP contribution in [-0.4, -0.2) is 22.4 Å². The Balaban J connectivity index is 2.42. The predicted octanol–water partition coefficient (Wildman–Crippen LogP) is 0.297. The molecular formula is C10H14N4O. The summed E-state index contributed by atoms with van der Waals surface area (Å²) in [5.74, 6) is 0.0432. The van der Waals surface area contributed by atoms with Crippen LogP contribution in [0.4, 0.5) is 5.95 Å². The van der Waals surface area contributed by atoms with Gasteiger partial charge in [0.15, 0.2) is 0 Å². The van der Waals surface area contributed by atoms with Gasteiger partial charge in [-0.3, -0.25) is 4.79 Å². The fraction of sp³-hybridized carbons (Fsp3) is 0.500. The number of aromatic nitrogens is 2. The van der Waals surface area contributed by atoms with Gasteiger partial charge in [0, 0.05) is 17.8 Å². The molecule has 1 aromatic rings. The van der Waals surface area contributed by atoms with Gasteiger partial charge >= 0.3 is 0 Å². The SMILES string of the molecule is CCNC(=O)c1nc(N)nc2c1CCC2. The molecule has 5 nitrogen and oxygen atoms in total. The van der Waals surface area contributed by atoms with Crippen LogP contribution < -0.4 is 11.1 Å². The summed E-state index contributed by atoms with van der Waals surface area (Å²) in [4.78, 5) is 19.9. The Kier molecular flexibility index (Phi) is 2.53. The molecule has 0 aromatic carbocycles. The van der Waals surface area contributed by atoms with Crippen molar-refractivity contribution in [1.29, 1.82) is 0 Å². The number of fused-ring (bicyclic) bond motifs is 1. The second-order valence-corrected chi connectivity index (χ2v) is 3.57. The van der Waals surface area contributed by atoms with Gasteiger partial charge in [0.25, 0.3) is 5.91 Å². The molecule has 3 N–H and O–H groups in total. The van der Waals surface area contributed by atoms with Crippen LogP contribution >= 0.6 is 0 Å². The van der Waals surface area contributed by atoms with Crippen LogP contribution in [0.1, 0.15) is 35.1 Å². The van der Waals surface area contributed by atoms with Crippen molar-refractivity contribution >= 4 is 11.9 Å². The van der Waals surface area contributed by atoms with Gasteiger partial charge in [-0.05, 0) is 26.2 Å². The van der Waals surface area contributed by atoms with Gasteiger partial charge in [-0.2, -0.15) is 0 Å². The highest BCUT2D eigenvalue weighted by Gasteiger charge is 2.22. The van der Waals surface area contributed by atoms with Crippen LogP contribution in [0.3, 0.4) is 0 Å². The second-order valence-electron chi connectivity index (χ2n) is 3.57. The first-order chi connectivity index (χ1) is 7.22. The molecule has 0 spiro atoms. The highest BCUT2D eigenvalue weighted by Crippen LogP contribution is 2.23. The van der Waals surface area contributed by atoms with Crippen molar-refractivity contribution in [2.24, 2.45) is 0 Å². The van der Waals surface area contributed by atoms with Crippen LogP contribution in [0.25, 0.3) is 0 Å². The fourth-order valence-corrected chi connectivity index (χ4v) is 1.88. The maximum Gasteiger partial charge on any atom is 0.270 e. The number of nitrogen functional groups attached to an aromatic ring is 1. The topological polar surface area (TPSA) is 80.9 Å². The molecule has 80 valence electrons. The average Bonchev–Trinajstić information content (AvgIpc) is 2.64. The van der Waals surface area contributed by atoms with Gasteiger partial charge < -0.3 is 11.1 Å². The first-order valence-electron chi connectivity index (χ1n) is 5.15. The molecule has 0 saturated carbocycles. The molecule has 15 heavy (non-hydrogen) atoms. The molecule has 0 radical (unpaired) electrons. The van der Waals surface area contributed by atoms with Crippen molar-refractivity contribution in [3.05, 3.63) is 17.0 Å². The Labute approximate surface area is 88.1 Å². The smallest absolute Gasteiger partial charge is 0.270 e. The largest absolute Gasteiger partial charge is 0.368 e. The summed E-state index contributed by atoms with van der Waals surface area (Å²) in [7, 11) is 0. The van der Waals surface area contributed by atoms with E-state index in [1.807, 2.05) is 6.92 Å². The first-order valence-corrected chi connectivity index (χ1v) is 5.15. The molecule has 1 aromatic heterocycles. The van der Waals surface area contributed by atoms with Crippen molar-refractivity contribution in [2.45, 2.75) is 26.2 Å². The lowest BCUT2D eigenvalue weighted by Gasteiger charge is -2.07. The Hall–Kier alpha value is -1.65. The van der Waals surface area contributed by atoms with E-state index in [4.69, 9.17) is 5.73 Å². The van der Waals surface area contributed by atoms with E-state index in [1.54, 1.807) is 0 Å². The molecule has 1 amide bonds. The van der Waals surface area contributed by atoms with E-state index < -0.39 is 0 Å². The van der Waals surface area contributed by atoms with Gasteiger partial charge in [-0.15, -0.1) is 0 Å². The summed E-state index contributed by atoms with van der Waals surface area (Å²) < 4.78 is 0. The average molecular weight is 206 g/mol. The van der Waals surface area contributed by atoms with Crippen LogP contribution in [0.5, 0.6) is 0 Å². The highest BCUT2D eigenvalue weighted by atomic mass is 16.1. The van der Waals surface area contributed by atoms with Crippen molar-refractivity contribution < 1.29 is 4.79 Å². The summed E-state index contributed by atoms with van der Waals surface area (Å²) in [6, 6.07) is 0. The number of nitrogens with two attached hydrogens (primary N) is 1. The number of carbonyl (C=O) groups excluding carboxylic acids is 1. The lowest BCUT2D eigenvalue weighted by atomic mass is 10.1. The van der Waals surface area contributed by atoms with Crippen LogP contribution in [-0.2, 0) is 12.8 Å². The van der Waals surface area contributed by atoms with Crippen molar-refractivity contribution in [1.82, 2.24) is 15.3 Å². The molecule has 0 unspecified atom stereocenters. The number of anilines is 1. The van der Waals surface area contributed by atoms with Crippen molar-refractivity contribution in [2.75, 3.05) is 12.3 Å². The summed E-state index contributed by atoms with van der Waals surface area (Å²) in [5.41, 5.74) is 7.92. The normalized spacial score (nSPS) is 13.7. The minimum Gasteiger partial charge on any atom is -0.368 e. The highest BCUT2D eigenvalue weighted by molar-refractivity contribution is 5.94. The quantitative estimate of drug-likeness (QED) is 0.729.